The second-order valence-electron chi connectivity index (χ2n) is 4.70. The molecule has 0 saturated heterocycles. The van der Waals surface area contributed by atoms with Crippen molar-refractivity contribution < 1.29 is 4.63 Å². The number of aliphatic imine (C=N–C) groups is 1. The maximum atomic E-state index is 5.98. The second kappa shape index (κ2) is 4.45. The molecule has 1 aliphatic carbocycles. The highest BCUT2D eigenvalue weighted by Gasteiger charge is 2.26. The van der Waals surface area contributed by atoms with Crippen LogP contribution in [-0.2, 0) is 0 Å². The number of anilines is 1. The van der Waals surface area contributed by atoms with Crippen molar-refractivity contribution in [3.8, 4) is 0 Å². The maximum Gasteiger partial charge on any atom is 0.199 e. The molecule has 0 aliphatic heterocycles. The number of hydrogen-bond donors (Lipinski definition) is 2. The summed E-state index contributed by atoms with van der Waals surface area (Å²) in [6, 6.07) is 0. The largest absolute Gasteiger partial charge is 0.382 e. The molecular formula is C11H14ClN5O. The van der Waals surface area contributed by atoms with Crippen molar-refractivity contribution >= 4 is 23.3 Å². The van der Waals surface area contributed by atoms with Crippen molar-refractivity contribution in [3.63, 3.8) is 0 Å². The zero-order valence-electron chi connectivity index (χ0n) is 10.1. The molecule has 0 radical (unpaired) electrons. The molecule has 1 aromatic heterocycles. The van der Waals surface area contributed by atoms with E-state index in [4.69, 9.17) is 23.1 Å². The first-order valence-electron chi connectivity index (χ1n) is 5.40. The van der Waals surface area contributed by atoms with Crippen LogP contribution < -0.4 is 11.5 Å². The van der Waals surface area contributed by atoms with Crippen LogP contribution in [0.2, 0.25) is 0 Å². The number of hydrogen-bond acceptors (Lipinski definition) is 5. The van der Waals surface area contributed by atoms with E-state index < -0.39 is 0 Å². The van der Waals surface area contributed by atoms with E-state index in [9.17, 15) is 0 Å². The van der Waals surface area contributed by atoms with Gasteiger partial charge in [-0.3, -0.25) is 0 Å². The molecule has 0 bridgehead atoms. The van der Waals surface area contributed by atoms with Crippen molar-refractivity contribution in [2.75, 3.05) is 5.73 Å². The summed E-state index contributed by atoms with van der Waals surface area (Å²) in [7, 11) is 0. The first-order valence-corrected chi connectivity index (χ1v) is 5.78. The molecule has 0 unspecified atom stereocenters. The topological polar surface area (TPSA) is 103 Å². The van der Waals surface area contributed by atoms with Crippen LogP contribution in [0.5, 0.6) is 0 Å². The highest BCUT2D eigenvalue weighted by atomic mass is 35.5. The van der Waals surface area contributed by atoms with Crippen LogP contribution in [0.25, 0.3) is 0 Å². The number of amidine groups is 1. The van der Waals surface area contributed by atoms with Crippen molar-refractivity contribution in [1.82, 2.24) is 10.3 Å². The lowest BCUT2D eigenvalue weighted by molar-refractivity contribution is 0.308. The van der Waals surface area contributed by atoms with Gasteiger partial charge in [-0.25, -0.2) is 9.62 Å². The van der Waals surface area contributed by atoms with Crippen molar-refractivity contribution in [2.45, 2.75) is 20.3 Å². The molecule has 96 valence electrons. The van der Waals surface area contributed by atoms with Crippen molar-refractivity contribution in [3.05, 3.63) is 28.6 Å². The van der Waals surface area contributed by atoms with Crippen LogP contribution in [0, 0.1) is 5.41 Å². The molecule has 1 aliphatic rings. The van der Waals surface area contributed by atoms with Crippen LogP contribution in [0.1, 0.15) is 26.0 Å². The Morgan fingerprint density at radius 2 is 2.22 bits per heavy atom. The number of nitrogens with two attached hydrogens (primary N) is 2. The minimum Gasteiger partial charge on any atom is -0.382 e. The van der Waals surface area contributed by atoms with Gasteiger partial charge in [0.2, 0.25) is 0 Å². The van der Waals surface area contributed by atoms with Crippen LogP contribution >= 0.6 is 11.6 Å². The number of rotatable bonds is 2. The summed E-state index contributed by atoms with van der Waals surface area (Å²) < 4.78 is 4.49. The molecule has 1 aromatic rings. The molecule has 4 N–H and O–H groups in total. The normalized spacial score (nSPS) is 19.4. The average molecular weight is 268 g/mol. The van der Waals surface area contributed by atoms with E-state index in [0.717, 1.165) is 12.1 Å². The SMILES string of the molecule is CC1(C)CC=C(Cl)C=C1N=C(N)c1nonc1N. The summed E-state index contributed by atoms with van der Waals surface area (Å²) in [5.41, 5.74) is 12.3. The average Bonchev–Trinajstić information content (AvgIpc) is 2.70. The monoisotopic (exact) mass is 267 g/mol. The fourth-order valence-electron chi connectivity index (χ4n) is 1.58. The van der Waals surface area contributed by atoms with Gasteiger partial charge in [0.25, 0.3) is 0 Å². The molecule has 0 fully saturated rings. The zero-order valence-corrected chi connectivity index (χ0v) is 10.9. The lowest BCUT2D eigenvalue weighted by atomic mass is 9.82. The summed E-state index contributed by atoms with van der Waals surface area (Å²) in [6.45, 7) is 4.11. The Morgan fingerprint density at radius 1 is 1.50 bits per heavy atom. The smallest absolute Gasteiger partial charge is 0.199 e. The Labute approximate surface area is 109 Å². The minimum atomic E-state index is -0.144. The Bertz CT molecular complexity index is 556. The lowest BCUT2D eigenvalue weighted by Crippen LogP contribution is -2.21. The predicted molar refractivity (Wildman–Crippen MR) is 69.9 cm³/mol. The molecule has 1 heterocycles. The lowest BCUT2D eigenvalue weighted by Gasteiger charge is -2.27. The second-order valence-corrected chi connectivity index (χ2v) is 5.14. The minimum absolute atomic E-state index is 0.118. The first kappa shape index (κ1) is 12.6. The van der Waals surface area contributed by atoms with E-state index >= 15 is 0 Å². The molecule has 0 atom stereocenters. The summed E-state index contributed by atoms with van der Waals surface area (Å²) in [4.78, 5) is 4.33. The molecule has 6 nitrogen and oxygen atoms in total. The summed E-state index contributed by atoms with van der Waals surface area (Å²) in [5.74, 6) is 0.284. The van der Waals surface area contributed by atoms with E-state index in [1.54, 1.807) is 6.08 Å². The zero-order chi connectivity index (χ0) is 13.3. The molecule has 0 amide bonds. The fourth-order valence-corrected chi connectivity index (χ4v) is 1.76. The van der Waals surface area contributed by atoms with Gasteiger partial charge in [0.05, 0.1) is 5.70 Å². The molecule has 18 heavy (non-hydrogen) atoms. The predicted octanol–water partition coefficient (Wildman–Crippen LogP) is 1.79. The van der Waals surface area contributed by atoms with Crippen molar-refractivity contribution in [1.29, 1.82) is 0 Å². The first-order chi connectivity index (χ1) is 8.40. The third kappa shape index (κ3) is 2.38. The number of halogens is 1. The van der Waals surface area contributed by atoms with Gasteiger partial charge in [0.1, 0.15) is 0 Å². The van der Waals surface area contributed by atoms with Gasteiger partial charge in [0, 0.05) is 10.4 Å². The van der Waals surface area contributed by atoms with E-state index in [1.165, 1.54) is 0 Å². The number of nitrogens with zero attached hydrogens (tertiary/aromatic N) is 3. The van der Waals surface area contributed by atoms with Gasteiger partial charge in [-0.2, -0.15) is 0 Å². The summed E-state index contributed by atoms with van der Waals surface area (Å²) in [5, 5.41) is 7.71. The van der Waals surface area contributed by atoms with Gasteiger partial charge in [-0.05, 0) is 22.8 Å². The van der Waals surface area contributed by atoms with E-state index in [2.05, 4.69) is 33.8 Å². The molecule has 7 heteroatoms. The molecule has 2 rings (SSSR count). The molecule has 0 saturated carbocycles. The maximum absolute atomic E-state index is 5.98. The third-order valence-corrected chi connectivity index (χ3v) is 3.04. The van der Waals surface area contributed by atoms with Gasteiger partial charge in [-0.15, -0.1) is 0 Å². The van der Waals surface area contributed by atoms with Crippen LogP contribution in [0.3, 0.4) is 0 Å². The Morgan fingerprint density at radius 3 is 2.83 bits per heavy atom. The highest BCUT2D eigenvalue weighted by molar-refractivity contribution is 6.31. The van der Waals surface area contributed by atoms with Gasteiger partial charge >= 0.3 is 0 Å². The summed E-state index contributed by atoms with van der Waals surface area (Å²) in [6.07, 6.45) is 4.52. The number of allylic oxidation sites excluding steroid dienone is 4. The Balaban J connectivity index is 2.38. The van der Waals surface area contributed by atoms with Crippen LogP contribution in [0.4, 0.5) is 5.82 Å². The standard InChI is InChI=1S/C11H14ClN5O/c1-11(2)4-3-6(12)5-7(11)15-9(13)8-10(14)17-18-16-8/h3,5H,4H2,1-2H3,(H2,13,15)(H2,14,17). The van der Waals surface area contributed by atoms with E-state index in [-0.39, 0.29) is 22.8 Å². The number of aromatic nitrogens is 2. The van der Waals surface area contributed by atoms with Crippen LogP contribution in [0.15, 0.2) is 32.5 Å². The van der Waals surface area contributed by atoms with Gasteiger partial charge in [-0.1, -0.05) is 31.5 Å². The molecular weight excluding hydrogens is 254 g/mol. The Hall–Kier alpha value is -1.82. The Kier molecular flexibility index (Phi) is 3.13. The summed E-state index contributed by atoms with van der Waals surface area (Å²) >= 11 is 5.98. The van der Waals surface area contributed by atoms with E-state index in [1.807, 2.05) is 6.08 Å². The van der Waals surface area contributed by atoms with E-state index in [0.29, 0.717) is 5.03 Å². The third-order valence-electron chi connectivity index (χ3n) is 2.77. The quantitative estimate of drug-likeness (QED) is 0.628. The highest BCUT2D eigenvalue weighted by Crippen LogP contribution is 2.37. The van der Waals surface area contributed by atoms with Gasteiger partial charge in [0.15, 0.2) is 17.3 Å². The van der Waals surface area contributed by atoms with Crippen molar-refractivity contribution in [2.24, 2.45) is 16.1 Å². The molecule has 0 spiro atoms. The van der Waals surface area contributed by atoms with Gasteiger partial charge < -0.3 is 11.5 Å². The molecule has 0 aromatic carbocycles. The number of nitrogen functional groups attached to an aromatic ring is 1. The van der Waals surface area contributed by atoms with Crippen LogP contribution in [-0.4, -0.2) is 16.1 Å². The fraction of sp³-hybridized carbons (Fsp3) is 0.364.